The number of nitrogens with two attached hydrogens (primary N) is 2. The lowest BCUT2D eigenvalue weighted by Gasteiger charge is -2.03. The topological polar surface area (TPSA) is 218 Å². The van der Waals surface area contributed by atoms with E-state index >= 15 is 0 Å². The summed E-state index contributed by atoms with van der Waals surface area (Å²) < 4.78 is 4.19. The van der Waals surface area contributed by atoms with Crippen molar-refractivity contribution in [3.63, 3.8) is 0 Å². The quantitative estimate of drug-likeness (QED) is 0.281. The third kappa shape index (κ3) is 45.7. The maximum Gasteiger partial charge on any atom is 0.303 e. The number of nitrogens with one attached hydrogen (secondary N) is 3. The van der Waals surface area contributed by atoms with Gasteiger partial charge in [0.25, 0.3) is 5.91 Å². The molecule has 13 nitrogen and oxygen atoms in total. The highest BCUT2D eigenvalue weighted by atomic mass is 16.5. The molecular formula is C16H34N6O7. The normalized spacial score (nSPS) is 10.8. The summed E-state index contributed by atoms with van der Waals surface area (Å²) in [6.45, 7) is 4.35. The van der Waals surface area contributed by atoms with Crippen molar-refractivity contribution in [2.24, 2.45) is 11.5 Å². The van der Waals surface area contributed by atoms with Crippen molar-refractivity contribution in [1.82, 2.24) is 15.5 Å². The van der Waals surface area contributed by atoms with Crippen molar-refractivity contribution in [2.45, 2.75) is 33.6 Å². The maximum atomic E-state index is 10.4. The lowest BCUT2D eigenvalue weighted by molar-refractivity contribution is -0.145. The van der Waals surface area contributed by atoms with E-state index in [0.29, 0.717) is 13.0 Å². The molecule has 0 saturated carbocycles. The molecule has 170 valence electrons. The predicted octanol–water partition coefficient (Wildman–Crippen LogP) is -1.78. The standard InChI is InChI=1S/C4H7N3O.C4H7NO3.C4H8O2.C2H5NO.C2H7N/c1-7-2-3(8)6-4(7)5;1-3(6)8-2-4(5)7;1-2-3-4(5)6;1-2(3)4;1-3-2/h2H2,1H3,(H2,5,6,8);2H2,1H3,(H2,5,7);2-3H2,1H3,(H,5,6);1H3,(H2,3,4);3H,1-2H3. The summed E-state index contributed by atoms with van der Waals surface area (Å²) in [5, 5.41) is 20.0. The number of ether oxygens (including phenoxy) is 1. The highest BCUT2D eigenvalue weighted by Crippen LogP contribution is 1.89. The molecule has 1 heterocycles. The minimum absolute atomic E-state index is 0.0995. The molecule has 13 heteroatoms. The first kappa shape index (κ1) is 33.4. The molecule has 1 rings (SSSR count). The van der Waals surface area contributed by atoms with Crippen molar-refractivity contribution in [3.8, 4) is 0 Å². The summed E-state index contributed by atoms with van der Waals surface area (Å²) in [5.74, 6) is -2.09. The second kappa shape index (κ2) is 22.8. The molecule has 0 aliphatic carbocycles. The van der Waals surface area contributed by atoms with Gasteiger partial charge in [-0.3, -0.25) is 34.7 Å². The van der Waals surface area contributed by atoms with Gasteiger partial charge in [0, 0.05) is 27.3 Å². The third-order valence-corrected chi connectivity index (χ3v) is 1.90. The van der Waals surface area contributed by atoms with Gasteiger partial charge in [-0.15, -0.1) is 0 Å². The van der Waals surface area contributed by atoms with E-state index in [-0.39, 0.29) is 24.4 Å². The Morgan fingerprint density at radius 3 is 1.72 bits per heavy atom. The number of rotatable bonds is 4. The zero-order valence-electron chi connectivity index (χ0n) is 17.8. The molecule has 0 atom stereocenters. The van der Waals surface area contributed by atoms with E-state index in [4.69, 9.17) is 10.5 Å². The smallest absolute Gasteiger partial charge is 0.303 e. The predicted molar refractivity (Wildman–Crippen MR) is 107 cm³/mol. The van der Waals surface area contributed by atoms with E-state index in [1.54, 1.807) is 11.9 Å². The van der Waals surface area contributed by atoms with Crippen LogP contribution in [0, 0.1) is 5.41 Å². The van der Waals surface area contributed by atoms with Crippen LogP contribution < -0.4 is 22.1 Å². The lowest BCUT2D eigenvalue weighted by atomic mass is 10.4. The number of guanidine groups is 1. The Morgan fingerprint density at radius 1 is 1.24 bits per heavy atom. The Bertz CT molecular complexity index is 508. The molecule has 1 aliphatic heterocycles. The molecule has 1 aliphatic rings. The van der Waals surface area contributed by atoms with Gasteiger partial charge in [-0.1, -0.05) is 6.92 Å². The van der Waals surface area contributed by atoms with Crippen molar-refractivity contribution in [2.75, 3.05) is 34.3 Å². The van der Waals surface area contributed by atoms with Crippen molar-refractivity contribution in [3.05, 3.63) is 0 Å². The first-order valence-electron chi connectivity index (χ1n) is 8.32. The van der Waals surface area contributed by atoms with Gasteiger partial charge in [0.05, 0.1) is 6.54 Å². The second-order valence-electron chi connectivity index (χ2n) is 5.25. The Morgan fingerprint density at radius 2 is 1.66 bits per heavy atom. The van der Waals surface area contributed by atoms with Gasteiger partial charge in [0.15, 0.2) is 12.6 Å². The molecule has 8 N–H and O–H groups in total. The van der Waals surface area contributed by atoms with Crippen LogP contribution in [-0.2, 0) is 28.7 Å². The van der Waals surface area contributed by atoms with Crippen molar-refractivity contribution >= 4 is 35.6 Å². The fraction of sp³-hybridized carbons (Fsp3) is 0.625. The highest BCUT2D eigenvalue weighted by Gasteiger charge is 2.18. The number of carbonyl (C=O) groups excluding carboxylic acids is 4. The average Bonchev–Trinajstić information content (AvgIpc) is 2.82. The summed E-state index contributed by atoms with van der Waals surface area (Å²) in [6, 6.07) is 0. The number of carboxylic acids is 1. The van der Waals surface area contributed by atoms with E-state index in [1.807, 2.05) is 21.0 Å². The number of primary amides is 2. The van der Waals surface area contributed by atoms with Crippen molar-refractivity contribution < 1.29 is 33.8 Å². The van der Waals surface area contributed by atoms with Gasteiger partial charge < -0.3 is 31.5 Å². The van der Waals surface area contributed by atoms with Crippen LogP contribution in [0.4, 0.5) is 0 Å². The van der Waals surface area contributed by atoms with Gasteiger partial charge in [0.1, 0.15) is 0 Å². The Kier molecular flexibility index (Phi) is 26.3. The SMILES string of the molecule is CC(=O)OCC(N)=O.CC(N)=O.CCCC(=O)O.CN1CC(=O)NC1=N.CNC. The van der Waals surface area contributed by atoms with Gasteiger partial charge >= 0.3 is 11.9 Å². The number of likely N-dealkylation sites (N-methyl/N-ethyl adjacent to an activating group) is 1. The average molecular weight is 422 g/mol. The molecule has 0 spiro atoms. The number of carboxylic acid groups (broad SMARTS) is 1. The summed E-state index contributed by atoms with van der Waals surface area (Å²) >= 11 is 0. The van der Waals surface area contributed by atoms with Gasteiger partial charge in [0.2, 0.25) is 11.8 Å². The molecule has 0 bridgehead atoms. The number of hydrogen-bond acceptors (Lipinski definition) is 8. The van der Waals surface area contributed by atoms with E-state index in [0.717, 1.165) is 6.42 Å². The van der Waals surface area contributed by atoms with Crippen LogP contribution >= 0.6 is 0 Å². The van der Waals surface area contributed by atoms with Crippen LogP contribution in [0.3, 0.4) is 0 Å². The van der Waals surface area contributed by atoms with E-state index in [1.165, 1.54) is 13.8 Å². The minimum Gasteiger partial charge on any atom is -0.481 e. The van der Waals surface area contributed by atoms with Crippen LogP contribution in [0.5, 0.6) is 0 Å². The highest BCUT2D eigenvalue weighted by molar-refractivity contribution is 6.02. The van der Waals surface area contributed by atoms with Gasteiger partial charge in [-0.25, -0.2) is 0 Å². The number of amides is 3. The van der Waals surface area contributed by atoms with E-state index in [2.05, 4.69) is 26.8 Å². The largest absolute Gasteiger partial charge is 0.481 e. The lowest BCUT2D eigenvalue weighted by Crippen LogP contribution is -2.25. The molecule has 0 aromatic carbocycles. The summed E-state index contributed by atoms with van der Waals surface area (Å²) in [5.41, 5.74) is 9.10. The third-order valence-electron chi connectivity index (χ3n) is 1.90. The van der Waals surface area contributed by atoms with Crippen LogP contribution in [0.25, 0.3) is 0 Å². The van der Waals surface area contributed by atoms with E-state index in [9.17, 15) is 24.0 Å². The molecule has 0 aromatic rings. The number of hydrogen-bond donors (Lipinski definition) is 6. The number of nitrogens with zero attached hydrogens (tertiary/aromatic N) is 1. The minimum atomic E-state index is -0.711. The molecule has 1 saturated heterocycles. The number of aliphatic carboxylic acids is 1. The molecule has 0 unspecified atom stereocenters. The molecule has 0 aromatic heterocycles. The fourth-order valence-corrected chi connectivity index (χ4v) is 0.948. The van der Waals surface area contributed by atoms with Gasteiger partial charge in [-0.05, 0) is 20.5 Å². The monoisotopic (exact) mass is 422 g/mol. The van der Waals surface area contributed by atoms with Gasteiger partial charge in [-0.2, -0.15) is 0 Å². The molecule has 3 amide bonds. The Balaban J connectivity index is -0.000000141. The van der Waals surface area contributed by atoms with Crippen LogP contribution in [0.15, 0.2) is 0 Å². The van der Waals surface area contributed by atoms with Crippen LogP contribution in [0.2, 0.25) is 0 Å². The summed E-state index contributed by atoms with van der Waals surface area (Å²) in [7, 11) is 5.44. The molecule has 29 heavy (non-hydrogen) atoms. The molecular weight excluding hydrogens is 388 g/mol. The Labute approximate surface area is 170 Å². The summed E-state index contributed by atoms with van der Waals surface area (Å²) in [6.07, 6.45) is 1.02. The first-order valence-corrected chi connectivity index (χ1v) is 8.32. The fourth-order valence-electron chi connectivity index (χ4n) is 0.948. The zero-order valence-corrected chi connectivity index (χ0v) is 17.8. The van der Waals surface area contributed by atoms with Crippen molar-refractivity contribution in [1.29, 1.82) is 5.41 Å². The van der Waals surface area contributed by atoms with Crippen LogP contribution in [-0.4, -0.2) is 79.9 Å². The van der Waals surface area contributed by atoms with Crippen LogP contribution in [0.1, 0.15) is 33.6 Å². The number of carbonyl (C=O) groups is 5. The number of esters is 1. The molecule has 0 radical (unpaired) electrons. The second-order valence-corrected chi connectivity index (χ2v) is 5.25. The summed E-state index contributed by atoms with van der Waals surface area (Å²) in [4.78, 5) is 50.5. The van der Waals surface area contributed by atoms with E-state index < -0.39 is 17.8 Å². The molecule has 1 fully saturated rings. The maximum absolute atomic E-state index is 10.4. The Hall–Kier alpha value is -3.22. The zero-order chi connectivity index (χ0) is 24.0. The first-order chi connectivity index (χ1) is 13.2.